The average molecular weight is 218 g/mol. The van der Waals surface area contributed by atoms with E-state index in [0.717, 1.165) is 5.56 Å². The molecule has 0 spiro atoms. The molecular formula is C11H10N2O3. The number of nitrogens with one attached hydrogen (secondary N) is 1. The third-order valence-corrected chi connectivity index (χ3v) is 2.02. The van der Waals surface area contributed by atoms with Crippen LogP contribution in [0.4, 0.5) is 5.82 Å². The molecule has 0 bridgehead atoms. The molecule has 2 aromatic rings. The average Bonchev–Trinajstić information content (AvgIpc) is 2.79. The van der Waals surface area contributed by atoms with Gasteiger partial charge in [0.25, 0.3) is 0 Å². The first-order valence-corrected chi connectivity index (χ1v) is 4.71. The molecule has 0 saturated heterocycles. The summed E-state index contributed by atoms with van der Waals surface area (Å²) in [5.41, 5.74) is 1.000. The van der Waals surface area contributed by atoms with E-state index in [0.29, 0.717) is 12.4 Å². The molecule has 0 aromatic carbocycles. The zero-order valence-electron chi connectivity index (χ0n) is 8.38. The normalized spacial score (nSPS) is 10.0. The third-order valence-electron chi connectivity index (χ3n) is 2.02. The van der Waals surface area contributed by atoms with Gasteiger partial charge in [0.05, 0.1) is 12.5 Å². The molecule has 0 unspecified atom stereocenters. The van der Waals surface area contributed by atoms with Crippen LogP contribution in [0, 0.1) is 0 Å². The lowest BCUT2D eigenvalue weighted by molar-refractivity contribution is 0.0690. The SMILES string of the molecule is O=C(O)c1cccc(NCc2ccoc2)n1. The highest BCUT2D eigenvalue weighted by atomic mass is 16.4. The van der Waals surface area contributed by atoms with E-state index in [-0.39, 0.29) is 5.69 Å². The highest BCUT2D eigenvalue weighted by molar-refractivity contribution is 5.85. The van der Waals surface area contributed by atoms with E-state index in [1.165, 1.54) is 6.07 Å². The first-order valence-electron chi connectivity index (χ1n) is 4.71. The molecule has 82 valence electrons. The van der Waals surface area contributed by atoms with Gasteiger partial charge in [-0.05, 0) is 18.2 Å². The summed E-state index contributed by atoms with van der Waals surface area (Å²) in [5.74, 6) is -0.506. The molecule has 0 saturated carbocycles. The van der Waals surface area contributed by atoms with E-state index in [1.807, 2.05) is 6.07 Å². The summed E-state index contributed by atoms with van der Waals surface area (Å²) in [6, 6.07) is 6.64. The van der Waals surface area contributed by atoms with Gasteiger partial charge in [-0.25, -0.2) is 9.78 Å². The van der Waals surface area contributed by atoms with Gasteiger partial charge in [-0.2, -0.15) is 0 Å². The molecule has 2 N–H and O–H groups in total. The number of hydrogen-bond acceptors (Lipinski definition) is 4. The summed E-state index contributed by atoms with van der Waals surface area (Å²) < 4.78 is 4.91. The number of carboxylic acid groups (broad SMARTS) is 1. The van der Waals surface area contributed by atoms with Gasteiger partial charge in [-0.15, -0.1) is 0 Å². The number of rotatable bonds is 4. The minimum Gasteiger partial charge on any atom is -0.477 e. The molecule has 0 amide bonds. The molecule has 0 aliphatic rings. The summed E-state index contributed by atoms with van der Waals surface area (Å²) in [7, 11) is 0. The van der Waals surface area contributed by atoms with Gasteiger partial charge in [-0.1, -0.05) is 6.07 Å². The van der Waals surface area contributed by atoms with Crippen LogP contribution in [-0.2, 0) is 6.54 Å². The van der Waals surface area contributed by atoms with Crippen molar-refractivity contribution in [3.8, 4) is 0 Å². The van der Waals surface area contributed by atoms with Gasteiger partial charge in [0, 0.05) is 12.1 Å². The lowest BCUT2D eigenvalue weighted by Crippen LogP contribution is -2.05. The second-order valence-electron chi connectivity index (χ2n) is 3.20. The Kier molecular flexibility index (Phi) is 2.86. The van der Waals surface area contributed by atoms with Crippen LogP contribution in [0.5, 0.6) is 0 Å². The maximum Gasteiger partial charge on any atom is 0.354 e. The first-order chi connectivity index (χ1) is 7.75. The third kappa shape index (κ3) is 2.38. The van der Waals surface area contributed by atoms with E-state index < -0.39 is 5.97 Å². The van der Waals surface area contributed by atoms with Crippen molar-refractivity contribution in [2.75, 3.05) is 5.32 Å². The Morgan fingerprint density at radius 3 is 3.00 bits per heavy atom. The molecule has 2 heterocycles. The van der Waals surface area contributed by atoms with Crippen molar-refractivity contribution < 1.29 is 14.3 Å². The van der Waals surface area contributed by atoms with Gasteiger partial charge in [0.15, 0.2) is 5.69 Å². The Balaban J connectivity index is 2.04. The number of aromatic nitrogens is 1. The number of nitrogens with zero attached hydrogens (tertiary/aromatic N) is 1. The van der Waals surface area contributed by atoms with Crippen LogP contribution in [0.2, 0.25) is 0 Å². The van der Waals surface area contributed by atoms with Gasteiger partial charge in [0.2, 0.25) is 0 Å². The van der Waals surface area contributed by atoms with E-state index in [2.05, 4.69) is 10.3 Å². The van der Waals surface area contributed by atoms with Crippen LogP contribution < -0.4 is 5.32 Å². The highest BCUT2D eigenvalue weighted by Gasteiger charge is 2.04. The molecule has 16 heavy (non-hydrogen) atoms. The van der Waals surface area contributed by atoms with Crippen LogP contribution in [0.1, 0.15) is 16.1 Å². The summed E-state index contributed by atoms with van der Waals surface area (Å²) in [6.45, 7) is 0.548. The van der Waals surface area contributed by atoms with Crippen molar-refractivity contribution in [2.24, 2.45) is 0 Å². The zero-order chi connectivity index (χ0) is 11.4. The molecule has 0 aliphatic heterocycles. The van der Waals surface area contributed by atoms with Gasteiger partial charge in [-0.3, -0.25) is 0 Å². The minimum absolute atomic E-state index is 0.0252. The summed E-state index contributed by atoms with van der Waals surface area (Å²) in [5, 5.41) is 11.8. The quantitative estimate of drug-likeness (QED) is 0.820. The maximum atomic E-state index is 10.7. The van der Waals surface area contributed by atoms with E-state index >= 15 is 0 Å². The molecule has 2 rings (SSSR count). The highest BCUT2D eigenvalue weighted by Crippen LogP contribution is 2.07. The Labute approximate surface area is 91.7 Å². The summed E-state index contributed by atoms with van der Waals surface area (Å²) in [6.07, 6.45) is 3.20. The fraction of sp³-hybridized carbons (Fsp3) is 0.0909. The van der Waals surface area contributed by atoms with Gasteiger partial charge >= 0.3 is 5.97 Å². The fourth-order valence-corrected chi connectivity index (χ4v) is 1.24. The predicted octanol–water partition coefficient (Wildman–Crippen LogP) is 1.98. The lowest BCUT2D eigenvalue weighted by atomic mass is 10.3. The molecule has 0 atom stereocenters. The van der Waals surface area contributed by atoms with E-state index in [9.17, 15) is 4.79 Å². The molecule has 0 fully saturated rings. The molecular weight excluding hydrogens is 208 g/mol. The van der Waals surface area contributed by atoms with Crippen LogP contribution in [0.3, 0.4) is 0 Å². The molecule has 0 aliphatic carbocycles. The fourth-order valence-electron chi connectivity index (χ4n) is 1.24. The number of pyridine rings is 1. The topological polar surface area (TPSA) is 75.4 Å². The first kappa shape index (κ1) is 10.2. The number of aromatic carboxylic acids is 1. The second kappa shape index (κ2) is 4.48. The van der Waals surface area contributed by atoms with Gasteiger partial charge in [0.1, 0.15) is 5.82 Å². The van der Waals surface area contributed by atoms with Crippen molar-refractivity contribution in [1.82, 2.24) is 4.98 Å². The number of hydrogen-bond donors (Lipinski definition) is 2. The standard InChI is InChI=1S/C11H10N2O3/c14-11(15)9-2-1-3-10(13-9)12-6-8-4-5-16-7-8/h1-5,7H,6H2,(H,12,13)(H,14,15). The molecule has 0 radical (unpaired) electrons. The molecule has 5 nitrogen and oxygen atoms in total. The smallest absolute Gasteiger partial charge is 0.354 e. The Morgan fingerprint density at radius 2 is 2.31 bits per heavy atom. The zero-order valence-corrected chi connectivity index (χ0v) is 8.38. The Bertz CT molecular complexity index is 480. The van der Waals surface area contributed by atoms with Crippen molar-refractivity contribution in [2.45, 2.75) is 6.54 Å². The number of furan rings is 1. The second-order valence-corrected chi connectivity index (χ2v) is 3.20. The maximum absolute atomic E-state index is 10.7. The van der Waals surface area contributed by atoms with Crippen LogP contribution >= 0.6 is 0 Å². The van der Waals surface area contributed by atoms with Crippen molar-refractivity contribution >= 4 is 11.8 Å². The van der Waals surface area contributed by atoms with Crippen LogP contribution in [-0.4, -0.2) is 16.1 Å². The van der Waals surface area contributed by atoms with Gasteiger partial charge < -0.3 is 14.8 Å². The van der Waals surface area contributed by atoms with E-state index in [1.54, 1.807) is 24.7 Å². The van der Waals surface area contributed by atoms with E-state index in [4.69, 9.17) is 9.52 Å². The monoisotopic (exact) mass is 218 g/mol. The van der Waals surface area contributed by atoms with Crippen LogP contribution in [0.15, 0.2) is 41.2 Å². The summed E-state index contributed by atoms with van der Waals surface area (Å²) >= 11 is 0. The minimum atomic E-state index is -1.04. The van der Waals surface area contributed by atoms with Crippen molar-refractivity contribution in [3.63, 3.8) is 0 Å². The van der Waals surface area contributed by atoms with Crippen molar-refractivity contribution in [1.29, 1.82) is 0 Å². The number of carboxylic acids is 1. The Hall–Kier alpha value is -2.30. The number of anilines is 1. The molecule has 2 aromatic heterocycles. The Morgan fingerprint density at radius 1 is 1.44 bits per heavy atom. The van der Waals surface area contributed by atoms with Crippen LogP contribution in [0.25, 0.3) is 0 Å². The lowest BCUT2D eigenvalue weighted by Gasteiger charge is -2.03. The number of carbonyl (C=O) groups is 1. The summed E-state index contributed by atoms with van der Waals surface area (Å²) in [4.78, 5) is 14.6. The molecule has 5 heteroatoms. The predicted molar refractivity (Wildman–Crippen MR) is 57.2 cm³/mol. The largest absolute Gasteiger partial charge is 0.477 e. The van der Waals surface area contributed by atoms with Crippen molar-refractivity contribution in [3.05, 3.63) is 48.0 Å².